The third kappa shape index (κ3) is 2.23. The number of thiazole rings is 1. The molecule has 0 amide bonds. The first-order valence-electron chi connectivity index (χ1n) is 5.65. The molecule has 0 spiro atoms. The molecule has 2 aromatic carbocycles. The molecule has 19 heavy (non-hydrogen) atoms. The number of nitrogens with zero attached hydrogens (tertiary/aromatic N) is 1. The van der Waals surface area contributed by atoms with E-state index >= 15 is 0 Å². The molecule has 4 N–H and O–H groups in total. The van der Waals surface area contributed by atoms with Crippen LogP contribution in [-0.2, 0) is 0 Å². The van der Waals surface area contributed by atoms with Gasteiger partial charge in [0, 0.05) is 5.69 Å². The Kier molecular flexibility index (Phi) is 3.02. The molecule has 0 fully saturated rings. The number of nitrogens with one attached hydrogen (secondary N) is 2. The minimum absolute atomic E-state index is 0.316. The number of hydrogen-bond donors (Lipinski definition) is 3. The zero-order valence-electron chi connectivity index (χ0n) is 9.85. The zero-order chi connectivity index (χ0) is 13.2. The van der Waals surface area contributed by atoms with Crippen LogP contribution in [0.15, 0.2) is 42.5 Å². The minimum Gasteiger partial charge on any atom is -0.352 e. The second-order valence-corrected chi connectivity index (χ2v) is 4.92. The molecule has 0 bridgehead atoms. The highest BCUT2D eigenvalue weighted by molar-refractivity contribution is 7.22. The molecular formula is C13H11FN4S. The van der Waals surface area contributed by atoms with E-state index in [2.05, 4.69) is 15.7 Å². The van der Waals surface area contributed by atoms with Gasteiger partial charge in [-0.1, -0.05) is 29.5 Å². The highest BCUT2D eigenvalue weighted by atomic mass is 32.1. The highest BCUT2D eigenvalue weighted by Gasteiger charge is 2.12. The summed E-state index contributed by atoms with van der Waals surface area (Å²) in [5, 5.41) is 3.63. The van der Waals surface area contributed by atoms with Gasteiger partial charge in [-0.3, -0.25) is 5.43 Å². The van der Waals surface area contributed by atoms with Crippen LogP contribution in [0.2, 0.25) is 0 Å². The van der Waals surface area contributed by atoms with E-state index in [-0.39, 0.29) is 5.82 Å². The number of hydrazine groups is 1. The molecule has 1 heterocycles. The molecule has 3 rings (SSSR count). The van der Waals surface area contributed by atoms with Gasteiger partial charge >= 0.3 is 0 Å². The molecule has 0 saturated heterocycles. The average molecular weight is 274 g/mol. The number of aromatic nitrogens is 1. The molecule has 0 atom stereocenters. The van der Waals surface area contributed by atoms with E-state index in [1.807, 2.05) is 30.3 Å². The van der Waals surface area contributed by atoms with Crippen molar-refractivity contribution in [2.45, 2.75) is 0 Å². The molecule has 0 saturated carbocycles. The van der Waals surface area contributed by atoms with Gasteiger partial charge in [0.05, 0.1) is 15.9 Å². The van der Waals surface area contributed by atoms with Crippen molar-refractivity contribution in [2.24, 2.45) is 5.84 Å². The van der Waals surface area contributed by atoms with Crippen LogP contribution in [0.4, 0.5) is 20.9 Å². The van der Waals surface area contributed by atoms with Crippen LogP contribution < -0.4 is 16.6 Å². The van der Waals surface area contributed by atoms with E-state index in [1.54, 1.807) is 6.07 Å². The first-order valence-corrected chi connectivity index (χ1v) is 6.47. The Morgan fingerprint density at radius 1 is 1.11 bits per heavy atom. The van der Waals surface area contributed by atoms with Crippen molar-refractivity contribution in [3.8, 4) is 0 Å². The second-order valence-electron chi connectivity index (χ2n) is 3.93. The van der Waals surface area contributed by atoms with E-state index in [9.17, 15) is 4.39 Å². The number of rotatable bonds is 3. The van der Waals surface area contributed by atoms with Crippen molar-refractivity contribution in [3.63, 3.8) is 0 Å². The summed E-state index contributed by atoms with van der Waals surface area (Å²) in [5.41, 5.74) is 4.43. The zero-order valence-corrected chi connectivity index (χ0v) is 10.7. The van der Waals surface area contributed by atoms with E-state index in [1.165, 1.54) is 17.4 Å². The summed E-state index contributed by atoms with van der Waals surface area (Å²) in [5.74, 6) is 5.02. The quantitative estimate of drug-likeness (QED) is 0.505. The van der Waals surface area contributed by atoms with E-state index in [0.717, 1.165) is 10.4 Å². The third-order valence-corrected chi connectivity index (χ3v) is 3.69. The number of nitrogen functional groups attached to an aromatic ring is 1. The fourth-order valence-electron chi connectivity index (χ4n) is 1.81. The maximum absolute atomic E-state index is 14.0. The molecular weight excluding hydrogens is 263 g/mol. The Morgan fingerprint density at radius 2 is 1.89 bits per heavy atom. The van der Waals surface area contributed by atoms with Gasteiger partial charge < -0.3 is 5.32 Å². The number of hydrogen-bond acceptors (Lipinski definition) is 5. The Morgan fingerprint density at radius 3 is 2.63 bits per heavy atom. The van der Waals surface area contributed by atoms with Crippen LogP contribution in [-0.4, -0.2) is 4.98 Å². The Hall–Kier alpha value is -2.18. The Bertz CT molecular complexity index is 711. The van der Waals surface area contributed by atoms with Crippen molar-refractivity contribution in [1.82, 2.24) is 4.98 Å². The fraction of sp³-hybridized carbons (Fsp3) is 0. The monoisotopic (exact) mass is 274 g/mol. The van der Waals surface area contributed by atoms with E-state index in [4.69, 9.17) is 5.84 Å². The lowest BCUT2D eigenvalue weighted by molar-refractivity contribution is 0.633. The highest BCUT2D eigenvalue weighted by Crippen LogP contribution is 2.35. The van der Waals surface area contributed by atoms with Crippen molar-refractivity contribution < 1.29 is 4.39 Å². The summed E-state index contributed by atoms with van der Waals surface area (Å²) in [6.07, 6.45) is 0. The van der Waals surface area contributed by atoms with Crippen molar-refractivity contribution in [2.75, 3.05) is 10.7 Å². The van der Waals surface area contributed by atoms with Crippen LogP contribution in [0.25, 0.3) is 10.2 Å². The van der Waals surface area contributed by atoms with Crippen molar-refractivity contribution >= 4 is 38.1 Å². The summed E-state index contributed by atoms with van der Waals surface area (Å²) in [4.78, 5) is 4.25. The van der Waals surface area contributed by atoms with E-state index < -0.39 is 0 Å². The molecule has 96 valence electrons. The topological polar surface area (TPSA) is 63.0 Å². The van der Waals surface area contributed by atoms with Crippen LogP contribution in [0.5, 0.6) is 0 Å². The minimum atomic E-state index is -0.316. The molecule has 0 radical (unpaired) electrons. The van der Waals surface area contributed by atoms with Gasteiger partial charge in [-0.2, -0.15) is 0 Å². The van der Waals surface area contributed by atoms with Gasteiger partial charge in [0.15, 0.2) is 5.13 Å². The van der Waals surface area contributed by atoms with Gasteiger partial charge in [-0.25, -0.2) is 15.2 Å². The van der Waals surface area contributed by atoms with Crippen LogP contribution in [0, 0.1) is 5.82 Å². The third-order valence-electron chi connectivity index (χ3n) is 2.67. The second kappa shape index (κ2) is 4.83. The number of halogens is 1. The normalized spacial score (nSPS) is 10.6. The molecule has 0 aliphatic rings. The largest absolute Gasteiger partial charge is 0.352 e. The lowest BCUT2D eigenvalue weighted by Crippen LogP contribution is -2.05. The lowest BCUT2D eigenvalue weighted by atomic mass is 10.2. The first-order chi connectivity index (χ1) is 9.28. The predicted octanol–water partition coefficient (Wildman–Crippen LogP) is 3.46. The molecule has 0 unspecified atom stereocenters. The number of anilines is 3. The summed E-state index contributed by atoms with van der Waals surface area (Å²) in [6, 6.07) is 12.5. The van der Waals surface area contributed by atoms with Gasteiger partial charge in [-0.15, -0.1) is 0 Å². The molecule has 0 aliphatic heterocycles. The van der Waals surface area contributed by atoms with Gasteiger partial charge in [0.1, 0.15) is 5.82 Å². The van der Waals surface area contributed by atoms with Gasteiger partial charge in [-0.05, 0) is 24.3 Å². The first kappa shape index (κ1) is 11.9. The fourth-order valence-corrected chi connectivity index (χ4v) is 2.68. The number of benzene rings is 2. The molecule has 4 nitrogen and oxygen atoms in total. The summed E-state index contributed by atoms with van der Waals surface area (Å²) in [7, 11) is 0. The maximum atomic E-state index is 14.0. The van der Waals surface area contributed by atoms with Crippen LogP contribution in [0.3, 0.4) is 0 Å². The average Bonchev–Trinajstić information content (AvgIpc) is 2.87. The van der Waals surface area contributed by atoms with Crippen molar-refractivity contribution in [3.05, 3.63) is 48.3 Å². The number of fused-ring (bicyclic) bond motifs is 1. The molecule has 6 heteroatoms. The Balaban J connectivity index is 2.11. The molecule has 3 aromatic rings. The van der Waals surface area contributed by atoms with Gasteiger partial charge in [0.2, 0.25) is 0 Å². The van der Waals surface area contributed by atoms with Gasteiger partial charge in [0.25, 0.3) is 0 Å². The SMILES string of the molecule is NNc1nc2ccc(F)c(Nc3ccccc3)c2s1. The number of nitrogens with two attached hydrogens (primary N) is 1. The molecule has 0 aliphatic carbocycles. The maximum Gasteiger partial charge on any atom is 0.198 e. The summed E-state index contributed by atoms with van der Waals surface area (Å²) in [6.45, 7) is 0. The standard InChI is InChI=1S/C13H11FN4S/c14-9-6-7-10-12(19-13(17-10)18-15)11(9)16-8-4-2-1-3-5-8/h1-7,16H,15H2,(H,17,18). The summed E-state index contributed by atoms with van der Waals surface area (Å²) < 4.78 is 14.7. The van der Waals surface area contributed by atoms with Crippen LogP contribution in [0.1, 0.15) is 0 Å². The smallest absolute Gasteiger partial charge is 0.198 e. The summed E-state index contributed by atoms with van der Waals surface area (Å²) >= 11 is 1.31. The van der Waals surface area contributed by atoms with Crippen molar-refractivity contribution in [1.29, 1.82) is 0 Å². The Labute approximate surface area is 113 Å². The molecule has 1 aromatic heterocycles. The lowest BCUT2D eigenvalue weighted by Gasteiger charge is -2.07. The van der Waals surface area contributed by atoms with E-state index in [0.29, 0.717) is 16.3 Å². The van der Waals surface area contributed by atoms with Crippen LogP contribution >= 0.6 is 11.3 Å². The number of para-hydroxylation sites is 1. The predicted molar refractivity (Wildman–Crippen MR) is 77.1 cm³/mol.